The van der Waals surface area contributed by atoms with Crippen LogP contribution in [0.1, 0.15) is 70.9 Å². The van der Waals surface area contributed by atoms with Crippen molar-refractivity contribution >= 4 is 17.2 Å². The summed E-state index contributed by atoms with van der Waals surface area (Å²) in [5.74, 6) is 0.855. The van der Waals surface area contributed by atoms with Crippen LogP contribution in [-0.2, 0) is 11.3 Å². The first-order valence-electron chi connectivity index (χ1n) is 9.29. The third-order valence-corrected chi connectivity index (χ3v) is 6.01. The second-order valence-electron chi connectivity index (χ2n) is 7.37. The van der Waals surface area contributed by atoms with E-state index in [9.17, 15) is 9.59 Å². The van der Waals surface area contributed by atoms with E-state index in [1.54, 1.807) is 25.3 Å². The molecule has 0 aromatic carbocycles. The molecule has 0 spiro atoms. The van der Waals surface area contributed by atoms with E-state index in [0.29, 0.717) is 37.0 Å². The fourth-order valence-electron chi connectivity index (χ4n) is 3.24. The summed E-state index contributed by atoms with van der Waals surface area (Å²) in [5.41, 5.74) is 1.04. The first kappa shape index (κ1) is 19.8. The third kappa shape index (κ3) is 4.47. The highest BCUT2D eigenvalue weighted by Crippen LogP contribution is 2.27. The van der Waals surface area contributed by atoms with Gasteiger partial charge in [0, 0.05) is 37.5 Å². The average molecular weight is 391 g/mol. The number of ether oxygens (including phenoxy) is 1. The van der Waals surface area contributed by atoms with Crippen LogP contribution >= 0.6 is 11.3 Å². The Morgan fingerprint density at radius 1 is 1.37 bits per heavy atom. The van der Waals surface area contributed by atoms with Gasteiger partial charge in [-0.05, 0) is 31.4 Å². The van der Waals surface area contributed by atoms with Crippen LogP contribution in [0.4, 0.5) is 0 Å². The highest BCUT2D eigenvalue weighted by molar-refractivity contribution is 7.09. The Labute approximate surface area is 163 Å². The van der Waals surface area contributed by atoms with Crippen LogP contribution in [0.2, 0.25) is 0 Å². The van der Waals surface area contributed by atoms with Gasteiger partial charge in [-0.2, -0.15) is 0 Å². The fraction of sp³-hybridized carbons (Fsp3) is 0.550. The number of nitrogens with zero attached hydrogens (tertiary/aromatic N) is 2. The van der Waals surface area contributed by atoms with Crippen LogP contribution < -0.4 is 5.63 Å². The lowest BCUT2D eigenvalue weighted by Crippen LogP contribution is -2.32. The predicted octanol–water partition coefficient (Wildman–Crippen LogP) is 3.69. The van der Waals surface area contributed by atoms with E-state index in [1.165, 1.54) is 4.90 Å². The number of aryl methyl sites for hydroxylation is 1. The molecule has 0 aliphatic carbocycles. The molecule has 1 saturated heterocycles. The van der Waals surface area contributed by atoms with Crippen molar-refractivity contribution in [2.45, 2.75) is 52.0 Å². The molecule has 0 radical (unpaired) electrons. The molecular weight excluding hydrogens is 364 g/mol. The number of aromatic nitrogens is 1. The Morgan fingerprint density at radius 3 is 2.67 bits per heavy atom. The van der Waals surface area contributed by atoms with Gasteiger partial charge in [0.1, 0.15) is 11.3 Å². The third-order valence-electron chi connectivity index (χ3n) is 4.81. The van der Waals surface area contributed by atoms with Crippen LogP contribution in [0.15, 0.2) is 20.7 Å². The Balaban J connectivity index is 1.77. The van der Waals surface area contributed by atoms with E-state index < -0.39 is 5.63 Å². The van der Waals surface area contributed by atoms with E-state index in [4.69, 9.17) is 9.15 Å². The molecule has 1 fully saturated rings. The number of amides is 1. The largest absolute Gasteiger partial charge is 0.427 e. The van der Waals surface area contributed by atoms with Gasteiger partial charge in [-0.3, -0.25) is 4.79 Å². The maximum absolute atomic E-state index is 12.8. The summed E-state index contributed by atoms with van der Waals surface area (Å²) in [6.45, 7) is 7.67. The van der Waals surface area contributed by atoms with Gasteiger partial charge < -0.3 is 14.1 Å². The Morgan fingerprint density at radius 2 is 2.07 bits per heavy atom. The molecule has 6 nitrogen and oxygen atoms in total. The first-order chi connectivity index (χ1) is 12.9. The normalized spacial score (nSPS) is 15.3. The molecule has 2 aromatic rings. The van der Waals surface area contributed by atoms with E-state index >= 15 is 0 Å². The predicted molar refractivity (Wildman–Crippen MR) is 105 cm³/mol. The Kier molecular flexibility index (Phi) is 6.11. The molecule has 27 heavy (non-hydrogen) atoms. The van der Waals surface area contributed by atoms with Crippen LogP contribution in [-0.4, -0.2) is 36.1 Å². The fourth-order valence-corrected chi connectivity index (χ4v) is 4.07. The van der Waals surface area contributed by atoms with Gasteiger partial charge in [0.2, 0.25) is 0 Å². The van der Waals surface area contributed by atoms with Crippen molar-refractivity contribution in [2.24, 2.45) is 0 Å². The molecule has 2 aromatic heterocycles. The summed E-state index contributed by atoms with van der Waals surface area (Å²) < 4.78 is 10.9. The summed E-state index contributed by atoms with van der Waals surface area (Å²) in [7, 11) is 1.68. The van der Waals surface area contributed by atoms with Gasteiger partial charge in [-0.1, -0.05) is 13.8 Å². The number of carbonyl (C=O) groups excluding carboxylic acids is 1. The molecule has 0 bridgehead atoms. The summed E-state index contributed by atoms with van der Waals surface area (Å²) in [4.78, 5) is 31.5. The maximum Gasteiger partial charge on any atom is 0.349 e. The topological polar surface area (TPSA) is 72.6 Å². The minimum Gasteiger partial charge on any atom is -0.427 e. The molecular formula is C20H26N2O4S. The molecule has 1 amide bonds. The Bertz CT molecular complexity index is 865. The lowest BCUT2D eigenvalue weighted by atomic mass is 9.95. The van der Waals surface area contributed by atoms with Crippen molar-refractivity contribution in [1.82, 2.24) is 9.88 Å². The Hall–Kier alpha value is -1.99. The molecule has 0 N–H and O–H groups in total. The maximum atomic E-state index is 12.8. The SMILES string of the molecule is Cc1cc(C2CCOCC2)oc(=O)c1C(=O)N(C)Cc1csc(C(C)C)n1. The number of thiazole rings is 1. The highest BCUT2D eigenvalue weighted by atomic mass is 32.1. The van der Waals surface area contributed by atoms with Gasteiger partial charge in [0.15, 0.2) is 0 Å². The lowest BCUT2D eigenvalue weighted by Gasteiger charge is -2.22. The van der Waals surface area contributed by atoms with Crippen molar-refractivity contribution in [3.05, 3.63) is 49.5 Å². The van der Waals surface area contributed by atoms with Gasteiger partial charge in [0.05, 0.1) is 17.2 Å². The summed E-state index contributed by atoms with van der Waals surface area (Å²) in [6.07, 6.45) is 1.66. The number of carbonyl (C=O) groups is 1. The first-order valence-corrected chi connectivity index (χ1v) is 10.2. The number of hydrogen-bond acceptors (Lipinski definition) is 6. The monoisotopic (exact) mass is 390 g/mol. The average Bonchev–Trinajstić information content (AvgIpc) is 3.10. The molecule has 0 unspecified atom stereocenters. The van der Waals surface area contributed by atoms with Crippen LogP contribution in [0.3, 0.4) is 0 Å². The van der Waals surface area contributed by atoms with Crippen molar-refractivity contribution in [3.63, 3.8) is 0 Å². The van der Waals surface area contributed by atoms with Crippen molar-refractivity contribution in [2.75, 3.05) is 20.3 Å². The van der Waals surface area contributed by atoms with Crippen molar-refractivity contribution in [1.29, 1.82) is 0 Å². The summed E-state index contributed by atoms with van der Waals surface area (Å²) in [5, 5.41) is 3.00. The van der Waals surface area contributed by atoms with Gasteiger partial charge in [-0.25, -0.2) is 9.78 Å². The number of hydrogen-bond donors (Lipinski definition) is 0. The molecule has 146 valence electrons. The van der Waals surface area contributed by atoms with Crippen LogP contribution in [0, 0.1) is 6.92 Å². The van der Waals surface area contributed by atoms with E-state index in [-0.39, 0.29) is 17.4 Å². The molecule has 0 atom stereocenters. The highest BCUT2D eigenvalue weighted by Gasteiger charge is 2.24. The quantitative estimate of drug-likeness (QED) is 0.778. The second kappa shape index (κ2) is 8.35. The van der Waals surface area contributed by atoms with Crippen LogP contribution in [0.25, 0.3) is 0 Å². The van der Waals surface area contributed by atoms with E-state index in [1.807, 2.05) is 11.4 Å². The molecule has 7 heteroatoms. The molecule has 3 heterocycles. The van der Waals surface area contributed by atoms with Gasteiger partial charge in [-0.15, -0.1) is 11.3 Å². The van der Waals surface area contributed by atoms with E-state index in [2.05, 4.69) is 18.8 Å². The van der Waals surface area contributed by atoms with Gasteiger partial charge in [0.25, 0.3) is 5.91 Å². The smallest absolute Gasteiger partial charge is 0.349 e. The standard InChI is InChI=1S/C20H26N2O4S/c1-12(2)18-21-15(11-27-18)10-22(4)19(23)17-13(3)9-16(26-20(17)24)14-5-7-25-8-6-14/h9,11-12,14H,5-8,10H2,1-4H3. The molecule has 1 aliphatic rings. The number of rotatable bonds is 5. The van der Waals surface area contributed by atoms with Crippen LogP contribution in [0.5, 0.6) is 0 Å². The van der Waals surface area contributed by atoms with Gasteiger partial charge >= 0.3 is 5.63 Å². The molecule has 1 aliphatic heterocycles. The zero-order valence-electron chi connectivity index (χ0n) is 16.3. The zero-order valence-corrected chi connectivity index (χ0v) is 17.1. The minimum absolute atomic E-state index is 0.104. The zero-order chi connectivity index (χ0) is 19.6. The van der Waals surface area contributed by atoms with Crippen molar-refractivity contribution < 1.29 is 13.9 Å². The lowest BCUT2D eigenvalue weighted by molar-refractivity contribution is 0.0763. The van der Waals surface area contributed by atoms with Crippen molar-refractivity contribution in [3.8, 4) is 0 Å². The molecule has 3 rings (SSSR count). The van der Waals surface area contributed by atoms with E-state index in [0.717, 1.165) is 23.5 Å². The summed E-state index contributed by atoms with van der Waals surface area (Å²) in [6, 6.07) is 1.83. The summed E-state index contributed by atoms with van der Waals surface area (Å²) >= 11 is 1.59. The second-order valence-corrected chi connectivity index (χ2v) is 8.26. The minimum atomic E-state index is -0.561. The molecule has 0 saturated carbocycles.